The van der Waals surface area contributed by atoms with E-state index in [1.807, 2.05) is 6.92 Å². The third-order valence-corrected chi connectivity index (χ3v) is 13.6. The second-order valence-electron chi connectivity index (χ2n) is 14.4. The van der Waals surface area contributed by atoms with Crippen molar-refractivity contribution < 1.29 is 30.3 Å². The van der Waals surface area contributed by atoms with Gasteiger partial charge >= 0.3 is 5.97 Å². The monoisotopic (exact) mass is 504 g/mol. The van der Waals surface area contributed by atoms with E-state index in [0.29, 0.717) is 17.8 Å². The molecule has 6 heteroatoms. The first-order chi connectivity index (χ1) is 16.8. The Morgan fingerprint density at radius 1 is 1.00 bits per heavy atom. The Bertz CT molecular complexity index is 934. The van der Waals surface area contributed by atoms with Crippen LogP contribution in [0, 0.1) is 50.7 Å². The molecule has 0 heterocycles. The Hall–Kier alpha value is -0.950. The van der Waals surface area contributed by atoms with E-state index in [9.17, 15) is 25.4 Å². The molecule has 0 aromatic rings. The van der Waals surface area contributed by atoms with Crippen LogP contribution in [0.4, 0.5) is 0 Å². The smallest absolute Gasteiger partial charge is 0.312 e. The summed E-state index contributed by atoms with van der Waals surface area (Å²) in [5.41, 5.74) is -0.316. The maximum atomic E-state index is 12.5. The minimum atomic E-state index is -1.18. The molecule has 0 aromatic heterocycles. The highest BCUT2D eigenvalue weighted by Crippen LogP contribution is 2.89. The molecule has 2 spiro atoms. The summed E-state index contributed by atoms with van der Waals surface area (Å²) in [6, 6.07) is 0. The van der Waals surface area contributed by atoms with Crippen molar-refractivity contribution in [1.29, 1.82) is 0 Å². The van der Waals surface area contributed by atoms with Crippen molar-refractivity contribution in [2.75, 3.05) is 0 Å². The van der Waals surface area contributed by atoms with E-state index in [4.69, 9.17) is 0 Å². The van der Waals surface area contributed by atoms with Crippen LogP contribution in [0.2, 0.25) is 0 Å². The molecule has 5 rings (SSSR count). The molecule has 5 fully saturated rings. The van der Waals surface area contributed by atoms with Gasteiger partial charge in [-0.3, -0.25) is 10.1 Å². The van der Waals surface area contributed by atoms with E-state index in [-0.39, 0.29) is 40.1 Å². The van der Waals surface area contributed by atoms with Gasteiger partial charge in [0.15, 0.2) is 0 Å². The first-order valence-electron chi connectivity index (χ1n) is 14.3. The van der Waals surface area contributed by atoms with Gasteiger partial charge < -0.3 is 15.3 Å². The molecule has 204 valence electrons. The van der Waals surface area contributed by atoms with Crippen molar-refractivity contribution in [2.45, 2.75) is 117 Å². The van der Waals surface area contributed by atoms with Crippen LogP contribution in [0.3, 0.4) is 0 Å². The van der Waals surface area contributed by atoms with Gasteiger partial charge in [0.05, 0.1) is 17.6 Å². The molecule has 0 bridgehead atoms. The molecule has 0 aromatic carbocycles. The summed E-state index contributed by atoms with van der Waals surface area (Å²) in [4.78, 5) is 17.2. The fraction of sp³-hybridized carbons (Fsp3) is 0.900. The highest BCUT2D eigenvalue weighted by molar-refractivity contribution is 5.76. The molecular formula is C30H48O6. The van der Waals surface area contributed by atoms with E-state index >= 15 is 0 Å². The number of aliphatic hydroxyl groups excluding tert-OH is 2. The molecule has 0 amide bonds. The van der Waals surface area contributed by atoms with E-state index in [1.165, 1.54) is 12.8 Å². The van der Waals surface area contributed by atoms with Gasteiger partial charge in [-0.15, -0.1) is 0 Å². The third-order valence-electron chi connectivity index (χ3n) is 13.6. The summed E-state index contributed by atoms with van der Waals surface area (Å²) in [6.45, 7) is 15.0. The average molecular weight is 505 g/mol. The van der Waals surface area contributed by atoms with Crippen molar-refractivity contribution >= 4 is 5.97 Å². The largest absolute Gasteiger partial charge is 0.481 e. The Morgan fingerprint density at radius 2 is 1.67 bits per heavy atom. The van der Waals surface area contributed by atoms with Crippen molar-refractivity contribution in [1.82, 2.24) is 0 Å². The number of hydrogen-bond acceptors (Lipinski definition) is 5. The fourth-order valence-electron chi connectivity index (χ4n) is 11.3. The van der Waals surface area contributed by atoms with Crippen LogP contribution in [0.1, 0.15) is 98.8 Å². The van der Waals surface area contributed by atoms with Gasteiger partial charge in [-0.1, -0.05) is 27.4 Å². The molecule has 5 aliphatic rings. The van der Waals surface area contributed by atoms with Gasteiger partial charge in [0.25, 0.3) is 0 Å². The van der Waals surface area contributed by atoms with Crippen molar-refractivity contribution in [3.8, 4) is 0 Å². The zero-order valence-corrected chi connectivity index (χ0v) is 22.9. The molecule has 0 saturated heterocycles. The molecule has 5 saturated carbocycles. The molecular weight excluding hydrogens is 456 g/mol. The number of rotatable bonds is 7. The van der Waals surface area contributed by atoms with Gasteiger partial charge in [0.1, 0.15) is 6.10 Å². The topological polar surface area (TPSA) is 107 Å². The maximum Gasteiger partial charge on any atom is 0.312 e. The van der Waals surface area contributed by atoms with E-state index in [2.05, 4.69) is 32.2 Å². The minimum Gasteiger partial charge on any atom is -0.481 e. The second kappa shape index (κ2) is 8.27. The van der Waals surface area contributed by atoms with Crippen LogP contribution >= 0.6 is 0 Å². The lowest BCUT2D eigenvalue weighted by atomic mass is 9.41. The number of carboxylic acids is 1. The Labute approximate surface area is 216 Å². The third kappa shape index (κ3) is 3.02. The average Bonchev–Trinajstić information content (AvgIpc) is 3.42. The first-order valence-corrected chi connectivity index (χ1v) is 14.3. The van der Waals surface area contributed by atoms with Gasteiger partial charge in [0, 0.05) is 11.8 Å². The maximum absolute atomic E-state index is 12.5. The van der Waals surface area contributed by atoms with Crippen LogP contribution in [-0.2, 0) is 9.68 Å². The van der Waals surface area contributed by atoms with E-state index < -0.39 is 23.6 Å². The van der Waals surface area contributed by atoms with Crippen LogP contribution in [0.5, 0.6) is 0 Å². The minimum absolute atomic E-state index is 0.00828. The molecule has 5 aliphatic carbocycles. The summed E-state index contributed by atoms with van der Waals surface area (Å²) in [5, 5.41) is 41.8. The molecule has 36 heavy (non-hydrogen) atoms. The normalized spacial score (nSPS) is 52.8. The highest BCUT2D eigenvalue weighted by Gasteiger charge is 2.85. The predicted octanol–water partition coefficient (Wildman–Crippen LogP) is 5.67. The molecule has 4 N–H and O–H groups in total. The van der Waals surface area contributed by atoms with Crippen molar-refractivity contribution in [3.05, 3.63) is 12.2 Å². The van der Waals surface area contributed by atoms with Crippen LogP contribution in [-0.4, -0.2) is 44.9 Å². The summed E-state index contributed by atoms with van der Waals surface area (Å²) in [7, 11) is 0. The quantitative estimate of drug-likeness (QED) is 0.202. The zero-order chi connectivity index (χ0) is 26.5. The van der Waals surface area contributed by atoms with Crippen molar-refractivity contribution in [2.24, 2.45) is 50.7 Å². The van der Waals surface area contributed by atoms with Gasteiger partial charge in [-0.05, 0) is 117 Å². The number of aliphatic hydroxyl groups is 2. The fourth-order valence-corrected chi connectivity index (χ4v) is 11.3. The standard InChI is InChI=1S/C30H48O6/c1-17(2)20(36-35)8-7-18(3)19-11-12-27(5)21-9-10-22-28(6,25(33)34)23(31)15-24(32)30(22)16-29(21,30)14-13-26(19,27)4/h18-24,31-32,35H,1,7-16H2,2-6H3,(H,33,34)/t18-,19-,20?,21+,22+,23+,24+,26-,27+,28+,29+,30-/m1/s1. The summed E-state index contributed by atoms with van der Waals surface area (Å²) >= 11 is 0. The van der Waals surface area contributed by atoms with Gasteiger partial charge in [-0.25, -0.2) is 4.89 Å². The van der Waals surface area contributed by atoms with Crippen LogP contribution in [0.25, 0.3) is 0 Å². The first kappa shape index (κ1) is 26.6. The highest BCUT2D eigenvalue weighted by atomic mass is 17.1. The number of carboxylic acid groups (broad SMARTS) is 1. The Morgan fingerprint density at radius 3 is 2.28 bits per heavy atom. The molecule has 12 atom stereocenters. The zero-order valence-electron chi connectivity index (χ0n) is 22.9. The predicted molar refractivity (Wildman–Crippen MR) is 137 cm³/mol. The second-order valence-corrected chi connectivity index (χ2v) is 14.4. The summed E-state index contributed by atoms with van der Waals surface area (Å²) in [6.07, 6.45) is 7.27. The molecule has 1 unspecified atom stereocenters. The van der Waals surface area contributed by atoms with Crippen molar-refractivity contribution in [3.63, 3.8) is 0 Å². The lowest BCUT2D eigenvalue weighted by molar-refractivity contribution is -0.270. The number of aliphatic carboxylic acids is 1. The molecule has 0 radical (unpaired) electrons. The van der Waals surface area contributed by atoms with Crippen LogP contribution < -0.4 is 0 Å². The number of fused-ring (bicyclic) bond motifs is 2. The Balaban J connectivity index is 1.42. The van der Waals surface area contributed by atoms with Crippen LogP contribution in [0.15, 0.2) is 12.2 Å². The van der Waals surface area contributed by atoms with Gasteiger partial charge in [-0.2, -0.15) is 0 Å². The van der Waals surface area contributed by atoms with Gasteiger partial charge in [0.2, 0.25) is 0 Å². The van der Waals surface area contributed by atoms with E-state index in [1.54, 1.807) is 6.92 Å². The lowest BCUT2D eigenvalue weighted by Gasteiger charge is -2.63. The lowest BCUT2D eigenvalue weighted by Crippen LogP contribution is -2.63. The Kier molecular flexibility index (Phi) is 6.12. The molecule has 6 nitrogen and oxygen atoms in total. The summed E-state index contributed by atoms with van der Waals surface area (Å²) in [5.74, 6) is 0.522. The summed E-state index contributed by atoms with van der Waals surface area (Å²) < 4.78 is 0. The number of hydrogen-bond donors (Lipinski definition) is 4. The number of carbonyl (C=O) groups is 1. The molecule has 0 aliphatic heterocycles. The SMILES string of the molecule is C=C(C)C(CC[C@@H](C)[C@H]1CC[C@@]2(C)[C@@H]3CC[C@H]4[C@](C)(C(=O)O)[C@@H](O)C[C@H](O)[C@@]45C[C@@]35CC[C@]12C)OO. The van der Waals surface area contributed by atoms with E-state index in [0.717, 1.165) is 50.5 Å².